The molecule has 1 aliphatic heterocycles. The van der Waals surface area contributed by atoms with Crippen molar-refractivity contribution < 1.29 is 25.2 Å². The van der Waals surface area contributed by atoms with Crippen molar-refractivity contribution in [3.8, 4) is 0 Å². The van der Waals surface area contributed by atoms with Crippen LogP contribution in [-0.4, -0.2) is 11.5 Å². The predicted molar refractivity (Wildman–Crippen MR) is 87.6 cm³/mol. The van der Waals surface area contributed by atoms with E-state index in [-0.39, 0.29) is 0 Å². The summed E-state index contributed by atoms with van der Waals surface area (Å²) in [6.07, 6.45) is 2.84. The summed E-state index contributed by atoms with van der Waals surface area (Å²) in [6, 6.07) is 11.1. The first-order valence-corrected chi connectivity index (χ1v) is 10.9. The predicted octanol–water partition coefficient (Wildman–Crippen LogP) is 7.50. The maximum atomic E-state index is 9.87. The van der Waals surface area contributed by atoms with Crippen LogP contribution >= 0.6 is 7.81 Å². The van der Waals surface area contributed by atoms with Crippen LogP contribution in [0.5, 0.6) is 0 Å². The first-order valence-electron chi connectivity index (χ1n) is 7.31. The molecule has 1 aromatic carbocycles. The Hall–Kier alpha value is -0.420. The quantitative estimate of drug-likeness (QED) is 0.269. The molecule has 0 aliphatic carbocycles. The fourth-order valence-corrected chi connectivity index (χ4v) is 4.89. The molecular formula is C15H23F6PS. The first-order chi connectivity index (χ1) is 10.0. The van der Waals surface area contributed by atoms with Gasteiger partial charge < -0.3 is 0 Å². The zero-order valence-electron chi connectivity index (χ0n) is 13.4. The van der Waals surface area contributed by atoms with E-state index in [4.69, 9.17) is 0 Å². The van der Waals surface area contributed by atoms with Gasteiger partial charge in [0.1, 0.15) is 11.5 Å². The minimum absolute atomic E-state index is 0.506. The van der Waals surface area contributed by atoms with Crippen molar-refractivity contribution in [3.05, 3.63) is 30.3 Å². The van der Waals surface area contributed by atoms with Crippen LogP contribution in [-0.2, 0) is 10.9 Å². The molecule has 0 bridgehead atoms. The third-order valence-electron chi connectivity index (χ3n) is 3.73. The van der Waals surface area contributed by atoms with Gasteiger partial charge in [0.05, 0.1) is 0 Å². The summed E-state index contributed by atoms with van der Waals surface area (Å²) in [7, 11) is -10.1. The Morgan fingerprint density at radius 3 is 1.61 bits per heavy atom. The normalized spacial score (nSPS) is 25.6. The van der Waals surface area contributed by atoms with Gasteiger partial charge in [0.15, 0.2) is 4.90 Å². The van der Waals surface area contributed by atoms with Crippen LogP contribution in [0.4, 0.5) is 25.2 Å². The standard InChI is InChI=1S/C15H23S.F6P/c1-15(2,3)13-9-11-16(12-10-13)14-7-5-4-6-8-14;1-7(2,3,4,5)6/h4-8,13H,9-12H2,1-3H3;/q+1;-1. The van der Waals surface area contributed by atoms with E-state index < -0.39 is 7.81 Å². The summed E-state index contributed by atoms with van der Waals surface area (Å²) in [5, 5.41) is 0. The van der Waals surface area contributed by atoms with Gasteiger partial charge in [-0.05, 0) is 36.3 Å². The monoisotopic (exact) mass is 380 g/mol. The molecule has 0 spiro atoms. The van der Waals surface area contributed by atoms with Crippen LogP contribution in [0.25, 0.3) is 0 Å². The van der Waals surface area contributed by atoms with Crippen LogP contribution in [0.1, 0.15) is 33.6 Å². The first kappa shape index (κ1) is 20.6. The molecule has 2 rings (SSSR count). The van der Waals surface area contributed by atoms with E-state index in [0.29, 0.717) is 16.3 Å². The Morgan fingerprint density at radius 1 is 0.870 bits per heavy atom. The molecule has 0 nitrogen and oxygen atoms in total. The Balaban J connectivity index is 0.000000322. The molecule has 0 aromatic heterocycles. The van der Waals surface area contributed by atoms with Crippen LogP contribution in [0.3, 0.4) is 0 Å². The molecule has 1 fully saturated rings. The molecule has 0 amide bonds. The molecule has 0 saturated carbocycles. The van der Waals surface area contributed by atoms with Crippen molar-refractivity contribution in [3.63, 3.8) is 0 Å². The molecule has 0 N–H and O–H groups in total. The second-order valence-corrected chi connectivity index (χ2v) is 11.0. The Bertz CT molecular complexity index is 486. The maximum absolute atomic E-state index is 10.7. The van der Waals surface area contributed by atoms with Crippen molar-refractivity contribution in [2.75, 3.05) is 11.5 Å². The van der Waals surface area contributed by atoms with Gasteiger partial charge in [-0.3, -0.25) is 0 Å². The van der Waals surface area contributed by atoms with Crippen LogP contribution < -0.4 is 0 Å². The van der Waals surface area contributed by atoms with E-state index in [2.05, 4.69) is 51.1 Å². The van der Waals surface area contributed by atoms with Gasteiger partial charge in [0.25, 0.3) is 0 Å². The topological polar surface area (TPSA) is 0 Å². The van der Waals surface area contributed by atoms with Crippen molar-refractivity contribution in [2.45, 2.75) is 38.5 Å². The summed E-state index contributed by atoms with van der Waals surface area (Å²) >= 11 is 0. The molecule has 23 heavy (non-hydrogen) atoms. The summed E-state index contributed by atoms with van der Waals surface area (Å²) < 4.78 is 59.2. The number of hydrogen-bond donors (Lipinski definition) is 0. The van der Waals surface area contributed by atoms with Gasteiger partial charge in [-0.25, -0.2) is 0 Å². The van der Waals surface area contributed by atoms with E-state index >= 15 is 0 Å². The van der Waals surface area contributed by atoms with E-state index in [1.807, 2.05) is 0 Å². The number of halogens is 6. The zero-order valence-corrected chi connectivity index (χ0v) is 15.1. The summed E-state index contributed by atoms with van der Waals surface area (Å²) in [5.41, 5.74) is 0.506. The van der Waals surface area contributed by atoms with Crippen molar-refractivity contribution >= 4 is 18.7 Å². The average Bonchev–Trinajstić information content (AvgIpc) is 2.35. The Labute approximate surface area is 136 Å². The molecule has 0 atom stereocenters. The second-order valence-electron chi connectivity index (χ2n) is 6.81. The van der Waals surface area contributed by atoms with Crippen LogP contribution in [0.2, 0.25) is 0 Å². The fourth-order valence-electron chi connectivity index (χ4n) is 2.53. The fraction of sp³-hybridized carbons (Fsp3) is 0.600. The van der Waals surface area contributed by atoms with E-state index in [1.165, 1.54) is 24.3 Å². The zero-order chi connectivity index (χ0) is 18.0. The van der Waals surface area contributed by atoms with Gasteiger partial charge in [-0.2, -0.15) is 0 Å². The number of rotatable bonds is 1. The molecule has 1 saturated heterocycles. The SMILES string of the molecule is CC(C)(C)C1CC[S+](c2ccccc2)CC1.F[P-](F)(F)(F)(F)F. The number of benzene rings is 1. The molecule has 1 aromatic rings. The van der Waals surface area contributed by atoms with Gasteiger partial charge in [0.2, 0.25) is 0 Å². The molecular weight excluding hydrogens is 357 g/mol. The summed E-state index contributed by atoms with van der Waals surface area (Å²) in [6.45, 7) is 7.18. The summed E-state index contributed by atoms with van der Waals surface area (Å²) in [5.74, 6) is 3.75. The molecule has 8 heteroatoms. The van der Waals surface area contributed by atoms with E-state index in [0.717, 1.165) is 5.92 Å². The van der Waals surface area contributed by atoms with Gasteiger partial charge in [0, 0.05) is 10.9 Å². The second kappa shape index (κ2) is 6.14. The Morgan fingerprint density at radius 2 is 1.26 bits per heavy atom. The minimum atomic E-state index is -10.7. The molecule has 1 heterocycles. The summed E-state index contributed by atoms with van der Waals surface area (Å²) in [4.78, 5) is 1.58. The average molecular weight is 380 g/mol. The Kier molecular flexibility index (Phi) is 5.51. The van der Waals surface area contributed by atoms with Crippen molar-refractivity contribution in [2.24, 2.45) is 11.3 Å². The molecule has 0 radical (unpaired) electrons. The van der Waals surface area contributed by atoms with E-state index in [1.54, 1.807) is 4.90 Å². The van der Waals surface area contributed by atoms with Gasteiger partial charge in [-0.15, -0.1) is 0 Å². The van der Waals surface area contributed by atoms with Crippen LogP contribution in [0.15, 0.2) is 35.2 Å². The van der Waals surface area contributed by atoms with Crippen molar-refractivity contribution in [1.29, 1.82) is 0 Å². The van der Waals surface area contributed by atoms with Gasteiger partial charge in [-0.1, -0.05) is 39.0 Å². The van der Waals surface area contributed by atoms with Crippen LogP contribution in [0, 0.1) is 11.3 Å². The molecule has 0 unspecified atom stereocenters. The van der Waals surface area contributed by atoms with E-state index in [9.17, 15) is 25.2 Å². The third-order valence-corrected chi connectivity index (χ3v) is 6.12. The van der Waals surface area contributed by atoms with Crippen molar-refractivity contribution in [1.82, 2.24) is 0 Å². The number of hydrogen-bond acceptors (Lipinski definition) is 0. The molecule has 136 valence electrons. The third kappa shape index (κ3) is 10.9. The van der Waals surface area contributed by atoms with Gasteiger partial charge >= 0.3 is 33.0 Å². The molecule has 1 aliphatic rings.